The van der Waals surface area contributed by atoms with E-state index in [-0.39, 0.29) is 0 Å². The summed E-state index contributed by atoms with van der Waals surface area (Å²) in [4.78, 5) is 4.50. The van der Waals surface area contributed by atoms with E-state index in [0.29, 0.717) is 0 Å². The van der Waals surface area contributed by atoms with Crippen LogP contribution in [0.2, 0.25) is 0 Å². The lowest BCUT2D eigenvalue weighted by Crippen LogP contribution is -2.36. The van der Waals surface area contributed by atoms with Crippen LogP contribution in [0.4, 0.5) is 0 Å². The Morgan fingerprint density at radius 1 is 1.25 bits per heavy atom. The topological polar surface area (TPSA) is 37.0 Å². The summed E-state index contributed by atoms with van der Waals surface area (Å²) in [5, 5.41) is 10.2. The molecule has 0 saturated heterocycles. The number of thiocarbonyl (C=S) groups is 1. The summed E-state index contributed by atoms with van der Waals surface area (Å²) in [5.74, 6) is 0. The molecule has 0 aliphatic heterocycles. The van der Waals surface area contributed by atoms with Gasteiger partial charge in [0.1, 0.15) is 0 Å². The van der Waals surface area contributed by atoms with Gasteiger partial charge in [0.05, 0.1) is 10.7 Å². The van der Waals surface area contributed by atoms with Crippen molar-refractivity contribution in [1.29, 1.82) is 0 Å². The zero-order valence-corrected chi connectivity index (χ0v) is 13.4. The van der Waals surface area contributed by atoms with Crippen LogP contribution in [-0.2, 0) is 6.42 Å². The first-order valence-corrected chi connectivity index (χ1v) is 8.01. The Kier molecular flexibility index (Phi) is 5.49. The minimum absolute atomic E-state index is 0.724. The minimum Gasteiger partial charge on any atom is -0.363 e. The van der Waals surface area contributed by atoms with Crippen molar-refractivity contribution in [3.05, 3.63) is 40.2 Å². The van der Waals surface area contributed by atoms with Gasteiger partial charge in [0.25, 0.3) is 0 Å². The lowest BCUT2D eigenvalue weighted by molar-refractivity contribution is 0.829. The third-order valence-electron chi connectivity index (χ3n) is 2.91. The van der Waals surface area contributed by atoms with Crippen LogP contribution in [0.3, 0.4) is 0 Å². The molecule has 2 N–H and O–H groups in total. The van der Waals surface area contributed by atoms with E-state index in [4.69, 9.17) is 12.2 Å². The number of aromatic nitrogens is 1. The molecule has 0 spiro atoms. The number of rotatable bonds is 5. The van der Waals surface area contributed by atoms with E-state index in [0.717, 1.165) is 35.3 Å². The van der Waals surface area contributed by atoms with Gasteiger partial charge in [0.15, 0.2) is 5.11 Å². The molecular weight excluding hydrogens is 286 g/mol. The smallest absolute Gasteiger partial charge is 0.166 e. The molecule has 0 unspecified atom stereocenters. The maximum atomic E-state index is 5.13. The highest BCUT2D eigenvalue weighted by Gasteiger charge is 2.02. The Hall–Kier alpha value is -1.46. The van der Waals surface area contributed by atoms with Crippen molar-refractivity contribution in [2.45, 2.75) is 20.3 Å². The molecule has 3 nitrogen and oxygen atoms in total. The molecular formula is C15H19N3S2. The molecule has 0 radical (unpaired) electrons. The van der Waals surface area contributed by atoms with E-state index < -0.39 is 0 Å². The second-order valence-electron chi connectivity index (χ2n) is 4.48. The molecule has 2 aromatic rings. The first kappa shape index (κ1) is 14.9. The van der Waals surface area contributed by atoms with E-state index in [1.807, 2.05) is 13.8 Å². The van der Waals surface area contributed by atoms with Crippen molar-refractivity contribution < 1.29 is 0 Å². The molecule has 1 heterocycles. The molecule has 0 bridgehead atoms. The van der Waals surface area contributed by atoms with Crippen molar-refractivity contribution in [2.75, 3.05) is 13.1 Å². The maximum absolute atomic E-state index is 5.13. The molecule has 5 heteroatoms. The lowest BCUT2D eigenvalue weighted by Gasteiger charge is -2.08. The molecule has 0 atom stereocenters. The second-order valence-corrected chi connectivity index (χ2v) is 5.96. The molecule has 1 aromatic heterocycles. The number of thiazole rings is 1. The average molecular weight is 305 g/mol. The van der Waals surface area contributed by atoms with Crippen LogP contribution in [-0.4, -0.2) is 23.2 Å². The second kappa shape index (κ2) is 7.36. The van der Waals surface area contributed by atoms with Crippen molar-refractivity contribution >= 4 is 28.7 Å². The zero-order chi connectivity index (χ0) is 14.4. The van der Waals surface area contributed by atoms with Gasteiger partial charge in [-0.3, -0.25) is 0 Å². The number of hydrogen-bond acceptors (Lipinski definition) is 3. The van der Waals surface area contributed by atoms with Crippen LogP contribution in [0, 0.1) is 6.92 Å². The van der Waals surface area contributed by atoms with Crippen molar-refractivity contribution in [2.24, 2.45) is 0 Å². The summed E-state index contributed by atoms with van der Waals surface area (Å²) < 4.78 is 0. The molecule has 0 aliphatic carbocycles. The third kappa shape index (κ3) is 4.28. The van der Waals surface area contributed by atoms with Crippen LogP contribution in [0.1, 0.15) is 17.5 Å². The van der Waals surface area contributed by atoms with Gasteiger partial charge in [-0.05, 0) is 38.0 Å². The first-order chi connectivity index (χ1) is 9.69. The SMILES string of the molecule is CCNC(=S)NCCc1ccc(-c2csc(C)n2)cc1. The van der Waals surface area contributed by atoms with Crippen LogP contribution in [0.15, 0.2) is 29.6 Å². The highest BCUT2D eigenvalue weighted by Crippen LogP contribution is 2.21. The van der Waals surface area contributed by atoms with E-state index in [1.54, 1.807) is 11.3 Å². The summed E-state index contributed by atoms with van der Waals surface area (Å²) in [6.07, 6.45) is 0.960. The van der Waals surface area contributed by atoms with Crippen molar-refractivity contribution in [1.82, 2.24) is 15.6 Å². The number of aryl methyl sites for hydroxylation is 1. The zero-order valence-electron chi connectivity index (χ0n) is 11.8. The fraction of sp³-hybridized carbons (Fsp3) is 0.333. The summed E-state index contributed by atoms with van der Waals surface area (Å²) >= 11 is 6.81. The predicted octanol–water partition coefficient (Wildman–Crippen LogP) is 3.15. The van der Waals surface area contributed by atoms with Crippen LogP contribution >= 0.6 is 23.6 Å². The molecule has 2 rings (SSSR count). The summed E-state index contributed by atoms with van der Waals surface area (Å²) in [6, 6.07) is 8.57. The van der Waals surface area contributed by atoms with Gasteiger partial charge >= 0.3 is 0 Å². The monoisotopic (exact) mass is 305 g/mol. The number of benzene rings is 1. The molecule has 20 heavy (non-hydrogen) atoms. The van der Waals surface area contributed by atoms with Crippen LogP contribution in [0.25, 0.3) is 11.3 Å². The Morgan fingerprint density at radius 2 is 2.00 bits per heavy atom. The first-order valence-electron chi connectivity index (χ1n) is 6.72. The fourth-order valence-corrected chi connectivity index (χ4v) is 2.75. The van der Waals surface area contributed by atoms with Crippen molar-refractivity contribution in [3.63, 3.8) is 0 Å². The average Bonchev–Trinajstić information content (AvgIpc) is 2.86. The number of hydrogen-bond donors (Lipinski definition) is 2. The van der Waals surface area contributed by atoms with Gasteiger partial charge in [-0.15, -0.1) is 11.3 Å². The van der Waals surface area contributed by atoms with Crippen LogP contribution in [0.5, 0.6) is 0 Å². The number of nitrogens with one attached hydrogen (secondary N) is 2. The Balaban J connectivity index is 1.87. The van der Waals surface area contributed by atoms with E-state index >= 15 is 0 Å². The van der Waals surface area contributed by atoms with E-state index in [9.17, 15) is 0 Å². The molecule has 0 saturated carbocycles. The largest absolute Gasteiger partial charge is 0.363 e. The highest BCUT2D eigenvalue weighted by molar-refractivity contribution is 7.80. The minimum atomic E-state index is 0.724. The highest BCUT2D eigenvalue weighted by atomic mass is 32.1. The quantitative estimate of drug-likeness (QED) is 0.832. The molecule has 0 aliphatic rings. The van der Waals surface area contributed by atoms with Gasteiger partial charge in [-0.1, -0.05) is 24.3 Å². The van der Waals surface area contributed by atoms with Gasteiger partial charge in [0.2, 0.25) is 0 Å². The molecule has 1 aromatic carbocycles. The van der Waals surface area contributed by atoms with Gasteiger partial charge in [-0.2, -0.15) is 0 Å². The standard InChI is InChI=1S/C15H19N3S2/c1-3-16-15(19)17-9-8-12-4-6-13(7-5-12)14-10-20-11(2)18-14/h4-7,10H,3,8-9H2,1-2H3,(H2,16,17,19). The molecule has 0 fully saturated rings. The van der Waals surface area contributed by atoms with Gasteiger partial charge < -0.3 is 10.6 Å². The lowest BCUT2D eigenvalue weighted by atomic mass is 10.1. The third-order valence-corrected chi connectivity index (χ3v) is 3.97. The molecule has 0 amide bonds. The Bertz CT molecular complexity index is 561. The van der Waals surface area contributed by atoms with E-state index in [1.165, 1.54) is 11.1 Å². The van der Waals surface area contributed by atoms with Crippen molar-refractivity contribution in [3.8, 4) is 11.3 Å². The predicted molar refractivity (Wildman–Crippen MR) is 90.3 cm³/mol. The fourth-order valence-electron chi connectivity index (χ4n) is 1.88. The van der Waals surface area contributed by atoms with E-state index in [2.05, 4.69) is 45.3 Å². The Morgan fingerprint density at radius 3 is 2.60 bits per heavy atom. The summed E-state index contributed by atoms with van der Waals surface area (Å²) in [7, 11) is 0. The normalized spacial score (nSPS) is 10.3. The molecule has 106 valence electrons. The Labute approximate surface area is 129 Å². The summed E-state index contributed by atoms with van der Waals surface area (Å²) in [6.45, 7) is 5.77. The van der Waals surface area contributed by atoms with Crippen LogP contribution < -0.4 is 10.6 Å². The number of nitrogens with zero attached hydrogens (tertiary/aromatic N) is 1. The van der Waals surface area contributed by atoms with Gasteiger partial charge in [-0.25, -0.2) is 4.98 Å². The summed E-state index contributed by atoms with van der Waals surface area (Å²) in [5.41, 5.74) is 3.53. The van der Waals surface area contributed by atoms with Gasteiger partial charge in [0, 0.05) is 24.0 Å². The maximum Gasteiger partial charge on any atom is 0.166 e.